The molecule has 1 saturated heterocycles. The second-order valence-corrected chi connectivity index (χ2v) is 6.88. The van der Waals surface area contributed by atoms with E-state index < -0.39 is 0 Å². The number of aromatic amines is 1. The Balaban J connectivity index is 1.46. The summed E-state index contributed by atoms with van der Waals surface area (Å²) >= 11 is 0. The number of pyridine rings is 1. The van der Waals surface area contributed by atoms with E-state index in [1.54, 1.807) is 0 Å². The van der Waals surface area contributed by atoms with Gasteiger partial charge in [-0.2, -0.15) is 0 Å². The maximum Gasteiger partial charge on any atom is 0.128 e. The molecule has 3 heterocycles. The highest BCUT2D eigenvalue weighted by molar-refractivity contribution is 5.61. The van der Waals surface area contributed by atoms with E-state index >= 15 is 0 Å². The fraction of sp³-hybridized carbons (Fsp3) is 0.318. The molecule has 0 aliphatic carbocycles. The van der Waals surface area contributed by atoms with Crippen molar-refractivity contribution in [3.05, 3.63) is 71.5 Å². The summed E-state index contributed by atoms with van der Waals surface area (Å²) < 4.78 is 0. The zero-order chi connectivity index (χ0) is 17.1. The van der Waals surface area contributed by atoms with Crippen molar-refractivity contribution in [2.75, 3.05) is 18.0 Å². The number of anilines is 1. The van der Waals surface area contributed by atoms with Gasteiger partial charge in [-0.1, -0.05) is 36.4 Å². The summed E-state index contributed by atoms with van der Waals surface area (Å²) in [4.78, 5) is 10.8. The SMILES string of the molecule is Cc1[nH]c(-c2ccccc2)cc1CCc1cccc(N2CCCC2)n1. The van der Waals surface area contributed by atoms with Crippen LogP contribution < -0.4 is 4.90 Å². The molecule has 1 fully saturated rings. The van der Waals surface area contributed by atoms with Gasteiger partial charge >= 0.3 is 0 Å². The van der Waals surface area contributed by atoms with Crippen LogP contribution in [0.5, 0.6) is 0 Å². The van der Waals surface area contributed by atoms with Crippen LogP contribution in [0.25, 0.3) is 11.3 Å². The number of nitrogens with one attached hydrogen (secondary N) is 1. The van der Waals surface area contributed by atoms with Crippen molar-refractivity contribution >= 4 is 5.82 Å². The lowest BCUT2D eigenvalue weighted by molar-refractivity contribution is 0.876. The van der Waals surface area contributed by atoms with Crippen LogP contribution in [-0.2, 0) is 12.8 Å². The second-order valence-electron chi connectivity index (χ2n) is 6.88. The number of benzene rings is 1. The number of hydrogen-bond donors (Lipinski definition) is 1. The molecule has 0 spiro atoms. The lowest BCUT2D eigenvalue weighted by atomic mass is 10.1. The molecule has 0 radical (unpaired) electrons. The van der Waals surface area contributed by atoms with Gasteiger partial charge < -0.3 is 9.88 Å². The minimum atomic E-state index is 0.981. The molecule has 128 valence electrons. The summed E-state index contributed by atoms with van der Waals surface area (Å²) in [7, 11) is 0. The number of nitrogens with zero attached hydrogens (tertiary/aromatic N) is 2. The van der Waals surface area contributed by atoms with E-state index in [0.717, 1.165) is 31.7 Å². The Bertz CT molecular complexity index is 829. The van der Waals surface area contributed by atoms with E-state index in [4.69, 9.17) is 4.98 Å². The van der Waals surface area contributed by atoms with Crippen LogP contribution in [0.4, 0.5) is 5.82 Å². The van der Waals surface area contributed by atoms with Crippen LogP contribution in [0.3, 0.4) is 0 Å². The average molecular weight is 331 g/mol. The average Bonchev–Trinajstić information content (AvgIpc) is 3.31. The Morgan fingerprint density at radius 2 is 1.76 bits per heavy atom. The summed E-state index contributed by atoms with van der Waals surface area (Å²) in [6, 6.07) is 19.2. The van der Waals surface area contributed by atoms with Gasteiger partial charge in [-0.25, -0.2) is 4.98 Å². The number of hydrogen-bond acceptors (Lipinski definition) is 2. The second kappa shape index (κ2) is 7.14. The Morgan fingerprint density at radius 1 is 0.960 bits per heavy atom. The molecule has 0 amide bonds. The molecule has 1 aliphatic heterocycles. The van der Waals surface area contributed by atoms with Gasteiger partial charge in [-0.15, -0.1) is 0 Å². The van der Waals surface area contributed by atoms with Crippen molar-refractivity contribution < 1.29 is 0 Å². The van der Waals surface area contributed by atoms with Crippen molar-refractivity contribution in [3.63, 3.8) is 0 Å². The highest BCUT2D eigenvalue weighted by Crippen LogP contribution is 2.23. The molecule has 0 unspecified atom stereocenters. The predicted octanol–water partition coefficient (Wildman–Crippen LogP) is 4.77. The third-order valence-electron chi connectivity index (χ3n) is 5.08. The van der Waals surface area contributed by atoms with Crippen molar-refractivity contribution in [1.82, 2.24) is 9.97 Å². The van der Waals surface area contributed by atoms with E-state index in [-0.39, 0.29) is 0 Å². The van der Waals surface area contributed by atoms with Gasteiger partial charge in [-0.3, -0.25) is 0 Å². The normalized spacial score (nSPS) is 14.2. The summed E-state index contributed by atoms with van der Waals surface area (Å²) in [6.45, 7) is 4.46. The molecule has 0 saturated carbocycles. The maximum absolute atomic E-state index is 4.88. The molecule has 25 heavy (non-hydrogen) atoms. The maximum atomic E-state index is 4.88. The van der Waals surface area contributed by atoms with Crippen molar-refractivity contribution in [2.24, 2.45) is 0 Å². The fourth-order valence-corrected chi connectivity index (χ4v) is 3.62. The van der Waals surface area contributed by atoms with Gasteiger partial charge in [0.05, 0.1) is 0 Å². The van der Waals surface area contributed by atoms with E-state index in [9.17, 15) is 0 Å². The number of aryl methyl sites for hydroxylation is 3. The number of H-pyrrole nitrogens is 1. The Labute approximate surface area is 149 Å². The summed E-state index contributed by atoms with van der Waals surface area (Å²) in [5, 5.41) is 0. The highest BCUT2D eigenvalue weighted by Gasteiger charge is 2.14. The monoisotopic (exact) mass is 331 g/mol. The zero-order valence-electron chi connectivity index (χ0n) is 14.8. The van der Waals surface area contributed by atoms with Crippen molar-refractivity contribution in [1.29, 1.82) is 0 Å². The Hall–Kier alpha value is -2.55. The third-order valence-corrected chi connectivity index (χ3v) is 5.08. The first kappa shape index (κ1) is 15.9. The standard InChI is InChI=1S/C22H25N3/c1-17-19(16-21(23-17)18-8-3-2-4-9-18)12-13-20-10-7-11-22(24-20)25-14-5-6-15-25/h2-4,7-11,16,23H,5-6,12-15H2,1H3. The van der Waals surface area contributed by atoms with Gasteiger partial charge in [0, 0.05) is 30.2 Å². The molecule has 1 aliphatic rings. The Morgan fingerprint density at radius 3 is 2.56 bits per heavy atom. The van der Waals surface area contributed by atoms with E-state index in [1.807, 2.05) is 0 Å². The van der Waals surface area contributed by atoms with E-state index in [1.165, 1.54) is 41.1 Å². The minimum Gasteiger partial charge on any atom is -0.358 e. The highest BCUT2D eigenvalue weighted by atomic mass is 15.2. The summed E-state index contributed by atoms with van der Waals surface area (Å²) in [5.41, 5.74) is 6.27. The van der Waals surface area contributed by atoms with Gasteiger partial charge in [0.2, 0.25) is 0 Å². The number of rotatable bonds is 5. The molecule has 1 N–H and O–H groups in total. The quantitative estimate of drug-likeness (QED) is 0.730. The number of aromatic nitrogens is 2. The smallest absolute Gasteiger partial charge is 0.128 e. The van der Waals surface area contributed by atoms with Crippen LogP contribution in [0, 0.1) is 6.92 Å². The topological polar surface area (TPSA) is 31.9 Å². The van der Waals surface area contributed by atoms with Crippen LogP contribution in [0.1, 0.15) is 29.8 Å². The van der Waals surface area contributed by atoms with E-state index in [0.29, 0.717) is 0 Å². The van der Waals surface area contributed by atoms with Crippen molar-refractivity contribution in [2.45, 2.75) is 32.6 Å². The minimum absolute atomic E-state index is 0.981. The predicted molar refractivity (Wildman–Crippen MR) is 104 cm³/mol. The lowest BCUT2D eigenvalue weighted by Crippen LogP contribution is -2.19. The Kier molecular flexibility index (Phi) is 4.55. The van der Waals surface area contributed by atoms with Gasteiger partial charge in [0.25, 0.3) is 0 Å². The van der Waals surface area contributed by atoms with Crippen LogP contribution in [0.2, 0.25) is 0 Å². The largest absolute Gasteiger partial charge is 0.358 e. The molecule has 0 atom stereocenters. The van der Waals surface area contributed by atoms with Gasteiger partial charge in [0.1, 0.15) is 5.82 Å². The van der Waals surface area contributed by atoms with Crippen molar-refractivity contribution in [3.8, 4) is 11.3 Å². The molecule has 3 nitrogen and oxygen atoms in total. The third kappa shape index (κ3) is 3.60. The molecular formula is C22H25N3. The molecule has 3 heteroatoms. The molecule has 2 aromatic heterocycles. The fourth-order valence-electron chi connectivity index (χ4n) is 3.62. The zero-order valence-corrected chi connectivity index (χ0v) is 14.8. The van der Waals surface area contributed by atoms with Gasteiger partial charge in [0.15, 0.2) is 0 Å². The van der Waals surface area contributed by atoms with Crippen LogP contribution >= 0.6 is 0 Å². The molecule has 4 rings (SSSR count). The first-order chi connectivity index (χ1) is 12.3. The molecule has 3 aromatic rings. The van der Waals surface area contributed by atoms with Crippen LogP contribution in [-0.4, -0.2) is 23.1 Å². The summed E-state index contributed by atoms with van der Waals surface area (Å²) in [5.74, 6) is 1.14. The van der Waals surface area contributed by atoms with Crippen LogP contribution in [0.15, 0.2) is 54.6 Å². The first-order valence-corrected chi connectivity index (χ1v) is 9.24. The van der Waals surface area contributed by atoms with Gasteiger partial charge in [-0.05, 0) is 61.9 Å². The molecule has 0 bridgehead atoms. The summed E-state index contributed by atoms with van der Waals surface area (Å²) in [6.07, 6.45) is 4.58. The molecule has 1 aromatic carbocycles. The van der Waals surface area contributed by atoms with E-state index in [2.05, 4.69) is 71.4 Å². The molecular weight excluding hydrogens is 306 g/mol. The lowest BCUT2D eigenvalue weighted by Gasteiger charge is -2.16. The first-order valence-electron chi connectivity index (χ1n) is 9.24.